The molecule has 7 rings (SSSR count). The zero-order chi connectivity index (χ0) is 32.2. The molecule has 3 aromatic rings. The number of likely N-dealkylation sites (tertiary alicyclic amines) is 1. The minimum absolute atomic E-state index is 0.0774. The first kappa shape index (κ1) is 31.1. The van der Waals surface area contributed by atoms with Crippen molar-refractivity contribution in [3.8, 4) is 5.75 Å². The molecule has 0 saturated carbocycles. The quantitative estimate of drug-likeness (QED) is 0.289. The summed E-state index contributed by atoms with van der Waals surface area (Å²) in [5.74, 6) is -0.438. The second kappa shape index (κ2) is 12.2. The van der Waals surface area contributed by atoms with Gasteiger partial charge >= 0.3 is 12.1 Å². The molecule has 0 radical (unpaired) electrons. The van der Waals surface area contributed by atoms with Crippen molar-refractivity contribution in [3.05, 3.63) is 91.0 Å². The Balaban J connectivity index is 1.26. The van der Waals surface area contributed by atoms with Crippen molar-refractivity contribution in [3.63, 3.8) is 0 Å². The van der Waals surface area contributed by atoms with Gasteiger partial charge in [-0.15, -0.1) is 0 Å². The molecule has 0 bridgehead atoms. The zero-order valence-electron chi connectivity index (χ0n) is 24.5. The average Bonchev–Trinajstić information content (AvgIpc) is 3.59. The van der Waals surface area contributed by atoms with Crippen LogP contribution >= 0.6 is 45.8 Å². The van der Waals surface area contributed by atoms with Gasteiger partial charge in [-0.25, -0.2) is 14.5 Å². The summed E-state index contributed by atoms with van der Waals surface area (Å²) in [4.78, 5) is 55.8. The minimum Gasteiger partial charge on any atom is -0.490 e. The van der Waals surface area contributed by atoms with Crippen molar-refractivity contribution in [2.45, 2.75) is 42.7 Å². The van der Waals surface area contributed by atoms with Gasteiger partial charge in [0.25, 0.3) is 0 Å². The van der Waals surface area contributed by atoms with Gasteiger partial charge in [-0.05, 0) is 76.2 Å². The number of hydrogen-bond acceptors (Lipinski definition) is 5. The highest BCUT2D eigenvalue weighted by Gasteiger charge is 2.61. The number of rotatable bonds is 4. The van der Waals surface area contributed by atoms with E-state index in [1.807, 2.05) is 42.5 Å². The number of carbonyl (C=O) groups is 4. The average molecular weight is 774 g/mol. The monoisotopic (exact) mass is 773 g/mol. The fraction of sp³-hybridized carbons (Fsp3) is 0.333. The van der Waals surface area contributed by atoms with Crippen LogP contribution in [0.3, 0.4) is 0 Å². The van der Waals surface area contributed by atoms with Crippen molar-refractivity contribution >= 4 is 75.4 Å². The van der Waals surface area contributed by atoms with E-state index in [1.54, 1.807) is 23.1 Å². The molecule has 4 aliphatic rings. The molecule has 46 heavy (non-hydrogen) atoms. The molecular weight excluding hydrogens is 744 g/mol. The van der Waals surface area contributed by atoms with Crippen LogP contribution in [0.25, 0.3) is 0 Å². The molecule has 3 aromatic carbocycles. The zero-order valence-corrected chi connectivity index (χ0v) is 28.2. The van der Waals surface area contributed by atoms with E-state index < -0.39 is 17.4 Å². The van der Waals surface area contributed by atoms with Gasteiger partial charge in [0.05, 0.1) is 6.04 Å². The number of imide groups is 1. The summed E-state index contributed by atoms with van der Waals surface area (Å²) in [5, 5.41) is 9.91. The summed E-state index contributed by atoms with van der Waals surface area (Å²) in [6.45, 7) is 1.68. The molecule has 10 nitrogen and oxygen atoms in total. The Labute approximate surface area is 289 Å². The number of piperidine rings is 2. The number of fused-ring (bicyclic) bond motifs is 2. The van der Waals surface area contributed by atoms with Crippen molar-refractivity contribution in [1.29, 1.82) is 0 Å². The lowest BCUT2D eigenvalue weighted by Crippen LogP contribution is -2.57. The van der Waals surface area contributed by atoms with E-state index in [1.165, 1.54) is 4.90 Å². The number of benzene rings is 3. The maximum atomic E-state index is 14.4. The molecule has 0 aromatic heterocycles. The standard InChI is InChI=1S/C33H30Cl2IN5O5/c34-19-3-1-2-18(14-19)25-17-28(42)39-29(33(25)24-6-4-20(35)15-26(24)38-30(33)43)23-16-21(36)5-7-27(23)46-22-8-11-40(12-9-22)32(45)41-13-10-37-31(41)44/h1-7,14-16,22,25,29H,8-13,17H2,(H,37,44)(H,38,43)(H,39,42)/t25-,29+,33?/m0/s1. The molecule has 3 atom stereocenters. The van der Waals surface area contributed by atoms with Crippen LogP contribution in [0.1, 0.15) is 47.9 Å². The molecule has 1 spiro atoms. The molecule has 4 aliphatic heterocycles. The lowest BCUT2D eigenvalue weighted by Gasteiger charge is -2.47. The highest BCUT2D eigenvalue weighted by molar-refractivity contribution is 14.1. The van der Waals surface area contributed by atoms with Crippen LogP contribution in [0.2, 0.25) is 10.0 Å². The third-order valence-corrected chi connectivity index (χ3v) is 10.5. The van der Waals surface area contributed by atoms with Gasteiger partial charge in [0.15, 0.2) is 0 Å². The van der Waals surface area contributed by atoms with Crippen LogP contribution in [-0.4, -0.2) is 66.0 Å². The first-order valence-electron chi connectivity index (χ1n) is 15.1. The SMILES string of the molecule is O=C1C[C@@H](c2cccc(Cl)c2)C2(C(=O)Nc3cc(Cl)ccc32)[C@@H](c2cc(I)ccc2OC2CCN(C(=O)N3CCNC3=O)CC2)N1. The lowest BCUT2D eigenvalue weighted by molar-refractivity contribution is -0.131. The maximum Gasteiger partial charge on any atom is 0.328 e. The number of hydrogen-bond donors (Lipinski definition) is 3. The van der Waals surface area contributed by atoms with E-state index in [-0.39, 0.29) is 36.4 Å². The fourth-order valence-corrected chi connectivity index (χ4v) is 8.18. The van der Waals surface area contributed by atoms with Gasteiger partial charge in [0, 0.05) is 76.2 Å². The van der Waals surface area contributed by atoms with Crippen LogP contribution in [0, 0.1) is 3.57 Å². The minimum atomic E-state index is -1.24. The van der Waals surface area contributed by atoms with Crippen molar-refractivity contribution in [2.24, 2.45) is 0 Å². The van der Waals surface area contributed by atoms with E-state index in [9.17, 15) is 19.2 Å². The van der Waals surface area contributed by atoms with Crippen LogP contribution in [-0.2, 0) is 15.0 Å². The Morgan fingerprint density at radius 1 is 0.957 bits per heavy atom. The van der Waals surface area contributed by atoms with Gasteiger partial charge in [0.1, 0.15) is 17.3 Å². The van der Waals surface area contributed by atoms with E-state index in [4.69, 9.17) is 27.9 Å². The predicted molar refractivity (Wildman–Crippen MR) is 181 cm³/mol. The lowest BCUT2D eigenvalue weighted by atomic mass is 9.59. The summed E-state index contributed by atoms with van der Waals surface area (Å²) < 4.78 is 7.56. The van der Waals surface area contributed by atoms with Crippen LogP contribution in [0.5, 0.6) is 5.75 Å². The summed E-state index contributed by atoms with van der Waals surface area (Å²) in [6.07, 6.45) is 0.968. The van der Waals surface area contributed by atoms with Crippen LogP contribution in [0.15, 0.2) is 60.7 Å². The predicted octanol–water partition coefficient (Wildman–Crippen LogP) is 5.82. The van der Waals surface area contributed by atoms with Gasteiger partial charge in [-0.1, -0.05) is 41.4 Å². The molecule has 3 saturated heterocycles. The van der Waals surface area contributed by atoms with E-state index in [2.05, 4.69) is 38.5 Å². The summed E-state index contributed by atoms with van der Waals surface area (Å²) in [6, 6.07) is 17.0. The molecule has 3 fully saturated rings. The van der Waals surface area contributed by atoms with Crippen LogP contribution in [0.4, 0.5) is 15.3 Å². The van der Waals surface area contributed by atoms with Crippen LogP contribution < -0.4 is 20.7 Å². The topological polar surface area (TPSA) is 120 Å². The van der Waals surface area contributed by atoms with E-state index in [0.29, 0.717) is 66.1 Å². The highest BCUT2D eigenvalue weighted by Crippen LogP contribution is 2.58. The van der Waals surface area contributed by atoms with E-state index >= 15 is 0 Å². The first-order chi connectivity index (χ1) is 22.1. The number of anilines is 1. The number of ether oxygens (including phenoxy) is 1. The molecule has 3 N–H and O–H groups in total. The summed E-state index contributed by atoms with van der Waals surface area (Å²) in [5.41, 5.74) is 1.55. The summed E-state index contributed by atoms with van der Waals surface area (Å²) >= 11 is 15.0. The van der Waals surface area contributed by atoms with Crippen molar-refractivity contribution < 1.29 is 23.9 Å². The number of halogens is 3. The van der Waals surface area contributed by atoms with Gasteiger partial charge in [-0.3, -0.25) is 9.59 Å². The Bertz CT molecular complexity index is 1770. The molecule has 1 unspecified atom stereocenters. The molecule has 0 aliphatic carbocycles. The third kappa shape index (κ3) is 5.35. The van der Waals surface area contributed by atoms with Crippen molar-refractivity contribution in [1.82, 2.24) is 20.4 Å². The molecule has 13 heteroatoms. The third-order valence-electron chi connectivity index (χ3n) is 9.38. The second-order valence-electron chi connectivity index (χ2n) is 12.0. The molecule has 238 valence electrons. The van der Waals surface area contributed by atoms with Gasteiger partial charge in [0.2, 0.25) is 11.8 Å². The number of urea groups is 2. The second-order valence-corrected chi connectivity index (χ2v) is 14.1. The largest absolute Gasteiger partial charge is 0.490 e. The van der Waals surface area contributed by atoms with E-state index in [0.717, 1.165) is 14.7 Å². The van der Waals surface area contributed by atoms with Gasteiger partial charge in [-0.2, -0.15) is 0 Å². The fourth-order valence-electron chi connectivity index (χ4n) is 7.29. The number of carbonyl (C=O) groups excluding carboxylic acids is 4. The Hall–Kier alpha value is -3.55. The molecule has 4 heterocycles. The smallest absolute Gasteiger partial charge is 0.328 e. The summed E-state index contributed by atoms with van der Waals surface area (Å²) in [7, 11) is 0. The highest BCUT2D eigenvalue weighted by atomic mass is 127. The maximum absolute atomic E-state index is 14.4. The molecule has 6 amide bonds. The number of nitrogens with one attached hydrogen (secondary N) is 3. The molecular formula is C33H30Cl2IN5O5. The van der Waals surface area contributed by atoms with Gasteiger partial charge < -0.3 is 25.6 Å². The first-order valence-corrected chi connectivity index (χ1v) is 17.0. The Kier molecular flexibility index (Phi) is 8.26. The normalized spacial score (nSPS) is 24.5. The number of nitrogens with zero attached hydrogens (tertiary/aromatic N) is 2. The Morgan fingerprint density at radius 2 is 1.74 bits per heavy atom. The number of amides is 6. The Morgan fingerprint density at radius 3 is 2.48 bits per heavy atom. The van der Waals surface area contributed by atoms with Crippen molar-refractivity contribution in [2.75, 3.05) is 31.5 Å².